The van der Waals surface area contributed by atoms with Crippen molar-refractivity contribution in [2.75, 3.05) is 22.4 Å². The molecule has 164 valence electrons. The van der Waals surface area contributed by atoms with Gasteiger partial charge in [-0.3, -0.25) is 4.31 Å². The SMILES string of the molecule is CCCn1nnnc1C1(Nc2ccc(N(C)S(=O)(=O)CC)cc2)CCC2(CCC2)C1. The summed E-state index contributed by atoms with van der Waals surface area (Å²) in [6, 6.07) is 7.62. The van der Waals surface area contributed by atoms with E-state index in [1.165, 1.54) is 30.0 Å². The fraction of sp³-hybridized carbons (Fsp3) is 0.667. The molecule has 30 heavy (non-hydrogen) atoms. The lowest BCUT2D eigenvalue weighted by Gasteiger charge is -2.40. The van der Waals surface area contributed by atoms with Crippen LogP contribution in [0.3, 0.4) is 0 Å². The van der Waals surface area contributed by atoms with Gasteiger partial charge in [0.2, 0.25) is 10.0 Å². The molecule has 0 aliphatic heterocycles. The van der Waals surface area contributed by atoms with E-state index in [1.807, 2.05) is 28.9 Å². The molecule has 2 aliphatic carbocycles. The summed E-state index contributed by atoms with van der Waals surface area (Å²) in [4.78, 5) is 0. The van der Waals surface area contributed by atoms with Crippen LogP contribution in [0.5, 0.6) is 0 Å². The third kappa shape index (κ3) is 3.68. The lowest BCUT2D eigenvalue weighted by molar-refractivity contribution is 0.133. The number of aromatic nitrogens is 4. The molecule has 2 fully saturated rings. The molecule has 0 amide bonds. The molecule has 2 aromatic rings. The van der Waals surface area contributed by atoms with Crippen LogP contribution in [0.25, 0.3) is 0 Å². The van der Waals surface area contributed by atoms with Crippen molar-refractivity contribution in [3.05, 3.63) is 30.1 Å². The molecule has 9 heteroatoms. The summed E-state index contributed by atoms with van der Waals surface area (Å²) in [7, 11) is -1.68. The van der Waals surface area contributed by atoms with Crippen LogP contribution in [0.2, 0.25) is 0 Å². The first-order valence-corrected chi connectivity index (χ1v) is 12.6. The van der Waals surface area contributed by atoms with Gasteiger partial charge in [0.05, 0.1) is 17.0 Å². The highest BCUT2D eigenvalue weighted by Gasteiger charge is 2.54. The summed E-state index contributed by atoms with van der Waals surface area (Å²) in [6.45, 7) is 4.59. The second kappa shape index (κ2) is 7.83. The van der Waals surface area contributed by atoms with Crippen LogP contribution >= 0.6 is 0 Å². The second-order valence-electron chi connectivity index (χ2n) is 8.88. The number of anilines is 2. The zero-order valence-electron chi connectivity index (χ0n) is 18.1. The van der Waals surface area contributed by atoms with Crippen LogP contribution in [-0.2, 0) is 22.1 Å². The summed E-state index contributed by atoms with van der Waals surface area (Å²) in [5.41, 5.74) is 1.74. The van der Waals surface area contributed by atoms with Gasteiger partial charge in [0.1, 0.15) is 0 Å². The third-order valence-electron chi connectivity index (χ3n) is 6.97. The maximum Gasteiger partial charge on any atom is 0.234 e. The fourth-order valence-electron chi connectivity index (χ4n) is 5.05. The Kier molecular flexibility index (Phi) is 5.50. The number of hydrogen-bond donors (Lipinski definition) is 1. The average Bonchev–Trinajstić information content (AvgIpc) is 3.34. The van der Waals surface area contributed by atoms with Gasteiger partial charge in [0.25, 0.3) is 0 Å². The zero-order chi connectivity index (χ0) is 21.4. The molecule has 1 unspecified atom stereocenters. The molecule has 0 radical (unpaired) electrons. The number of aryl methyl sites for hydroxylation is 1. The van der Waals surface area contributed by atoms with Gasteiger partial charge in [-0.1, -0.05) is 13.3 Å². The van der Waals surface area contributed by atoms with Gasteiger partial charge in [-0.15, -0.1) is 5.10 Å². The van der Waals surface area contributed by atoms with Crippen molar-refractivity contribution in [3.8, 4) is 0 Å². The average molecular weight is 433 g/mol. The molecule has 1 spiro atoms. The number of sulfonamides is 1. The molecule has 8 nitrogen and oxygen atoms in total. The van der Waals surface area contributed by atoms with Crippen LogP contribution in [0.1, 0.15) is 64.6 Å². The number of benzene rings is 1. The van der Waals surface area contributed by atoms with Gasteiger partial charge >= 0.3 is 0 Å². The molecule has 0 saturated heterocycles. The van der Waals surface area contributed by atoms with Crippen LogP contribution < -0.4 is 9.62 Å². The van der Waals surface area contributed by atoms with E-state index in [0.717, 1.165) is 37.3 Å². The van der Waals surface area contributed by atoms with Gasteiger partial charge in [-0.05, 0) is 85.6 Å². The molecular weight excluding hydrogens is 400 g/mol. The maximum atomic E-state index is 12.2. The molecular formula is C21H32N6O2S. The van der Waals surface area contributed by atoms with Gasteiger partial charge in [-0.2, -0.15) is 0 Å². The van der Waals surface area contributed by atoms with Crippen LogP contribution in [-0.4, -0.2) is 41.4 Å². The summed E-state index contributed by atoms with van der Waals surface area (Å²) < 4.78 is 27.6. The quantitative estimate of drug-likeness (QED) is 0.686. The van der Waals surface area contributed by atoms with E-state index >= 15 is 0 Å². The van der Waals surface area contributed by atoms with E-state index < -0.39 is 10.0 Å². The Bertz CT molecular complexity index is 983. The summed E-state index contributed by atoms with van der Waals surface area (Å²) in [5.74, 6) is 0.997. The Morgan fingerprint density at radius 1 is 1.13 bits per heavy atom. The largest absolute Gasteiger partial charge is 0.373 e. The van der Waals surface area contributed by atoms with E-state index in [2.05, 4.69) is 27.8 Å². The molecule has 1 aromatic carbocycles. The molecule has 2 aliphatic rings. The molecule has 1 aromatic heterocycles. The van der Waals surface area contributed by atoms with Crippen molar-refractivity contribution in [3.63, 3.8) is 0 Å². The number of nitrogens with zero attached hydrogens (tertiary/aromatic N) is 5. The monoisotopic (exact) mass is 432 g/mol. The standard InChI is InChI=1S/C21H32N6O2S/c1-4-15-27-19(23-24-25-27)21(14-13-20(16-21)11-6-12-20)22-17-7-9-18(10-8-17)26(3)30(28,29)5-2/h7-10,22H,4-6,11-16H2,1-3H3. The predicted octanol–water partition coefficient (Wildman–Crippen LogP) is 3.53. The Morgan fingerprint density at radius 2 is 1.87 bits per heavy atom. The lowest BCUT2D eigenvalue weighted by Crippen LogP contribution is -2.39. The highest BCUT2D eigenvalue weighted by atomic mass is 32.2. The van der Waals surface area contributed by atoms with Crippen LogP contribution in [0, 0.1) is 5.41 Å². The van der Waals surface area contributed by atoms with E-state index in [4.69, 9.17) is 0 Å². The Balaban J connectivity index is 1.62. The predicted molar refractivity (Wildman–Crippen MR) is 118 cm³/mol. The summed E-state index contributed by atoms with van der Waals surface area (Å²) >= 11 is 0. The molecule has 2 saturated carbocycles. The van der Waals surface area contributed by atoms with Gasteiger partial charge in [0, 0.05) is 19.3 Å². The minimum atomic E-state index is -3.27. The molecule has 4 rings (SSSR count). The fourth-order valence-corrected chi connectivity index (χ4v) is 5.88. The maximum absolute atomic E-state index is 12.2. The molecule has 1 atom stereocenters. The van der Waals surface area contributed by atoms with Gasteiger partial charge in [-0.25, -0.2) is 13.1 Å². The number of rotatable bonds is 8. The smallest absolute Gasteiger partial charge is 0.234 e. The second-order valence-corrected chi connectivity index (χ2v) is 11.2. The Morgan fingerprint density at radius 3 is 2.43 bits per heavy atom. The van der Waals surface area contributed by atoms with Crippen molar-refractivity contribution in [2.45, 2.75) is 70.9 Å². The minimum absolute atomic E-state index is 0.0782. The van der Waals surface area contributed by atoms with E-state index in [0.29, 0.717) is 11.1 Å². The van der Waals surface area contributed by atoms with Crippen LogP contribution in [0.15, 0.2) is 24.3 Å². The van der Waals surface area contributed by atoms with Gasteiger partial charge < -0.3 is 5.32 Å². The molecule has 1 heterocycles. The van der Waals surface area contributed by atoms with E-state index in [-0.39, 0.29) is 11.3 Å². The van der Waals surface area contributed by atoms with Gasteiger partial charge in [0.15, 0.2) is 5.82 Å². The van der Waals surface area contributed by atoms with E-state index in [9.17, 15) is 8.42 Å². The third-order valence-corrected chi connectivity index (χ3v) is 8.74. The van der Waals surface area contributed by atoms with E-state index in [1.54, 1.807) is 14.0 Å². The summed E-state index contributed by atoms with van der Waals surface area (Å²) in [5, 5.41) is 16.4. The highest BCUT2D eigenvalue weighted by Crippen LogP contribution is 2.59. The number of tetrazole rings is 1. The normalized spacial score (nSPS) is 22.8. The summed E-state index contributed by atoms with van der Waals surface area (Å²) in [6.07, 6.45) is 8.08. The molecule has 1 N–H and O–H groups in total. The van der Waals surface area contributed by atoms with Crippen molar-refractivity contribution in [2.24, 2.45) is 5.41 Å². The number of hydrogen-bond acceptors (Lipinski definition) is 6. The van der Waals surface area contributed by atoms with Crippen molar-refractivity contribution < 1.29 is 8.42 Å². The van der Waals surface area contributed by atoms with Crippen LogP contribution in [0.4, 0.5) is 11.4 Å². The lowest BCUT2D eigenvalue weighted by atomic mass is 9.66. The first-order chi connectivity index (χ1) is 14.3. The Labute approximate surface area is 179 Å². The van der Waals surface area contributed by atoms with Crippen molar-refractivity contribution in [1.29, 1.82) is 0 Å². The highest BCUT2D eigenvalue weighted by molar-refractivity contribution is 7.92. The first-order valence-electron chi connectivity index (χ1n) is 10.9. The number of nitrogens with one attached hydrogen (secondary N) is 1. The van der Waals surface area contributed by atoms with Crippen molar-refractivity contribution >= 4 is 21.4 Å². The minimum Gasteiger partial charge on any atom is -0.373 e. The first kappa shape index (κ1) is 21.1. The van der Waals surface area contributed by atoms with Crippen molar-refractivity contribution in [1.82, 2.24) is 20.2 Å². The Hall–Kier alpha value is -2.16. The zero-order valence-corrected chi connectivity index (χ0v) is 19.0. The topological polar surface area (TPSA) is 93.0 Å². The molecule has 0 bridgehead atoms.